The third-order valence-electron chi connectivity index (χ3n) is 6.96. The second-order valence-electron chi connectivity index (χ2n) is 9.35. The van der Waals surface area contributed by atoms with Gasteiger partial charge in [0.15, 0.2) is 11.9 Å². The Balaban J connectivity index is 1.89. The topological polar surface area (TPSA) is 110 Å². The number of hydrogen-bond acceptors (Lipinski definition) is 6. The van der Waals surface area contributed by atoms with Crippen molar-refractivity contribution in [3.63, 3.8) is 0 Å². The van der Waals surface area contributed by atoms with Crippen LogP contribution >= 0.6 is 0 Å². The summed E-state index contributed by atoms with van der Waals surface area (Å²) in [4.78, 5) is 0. The first kappa shape index (κ1) is 24.5. The van der Waals surface area contributed by atoms with Crippen molar-refractivity contribution >= 4 is 0 Å². The van der Waals surface area contributed by atoms with Gasteiger partial charge in [-0.05, 0) is 23.6 Å². The fraction of sp³-hybridized carbons (Fsp3) is 0.357. The van der Waals surface area contributed by atoms with Crippen molar-refractivity contribution in [2.45, 2.75) is 61.5 Å². The van der Waals surface area contributed by atoms with Gasteiger partial charge in [-0.1, -0.05) is 91.0 Å². The molecular weight excluding hydrogens is 432 g/mol. The normalized spacial score (nSPS) is 32.3. The molecule has 1 aliphatic heterocycles. The summed E-state index contributed by atoms with van der Waals surface area (Å²) in [6.07, 6.45) is -4.95. The zero-order valence-corrected chi connectivity index (χ0v) is 19.2. The van der Waals surface area contributed by atoms with Crippen LogP contribution in [0.3, 0.4) is 0 Å². The first-order valence-electron chi connectivity index (χ1n) is 11.5. The molecule has 1 heterocycles. The van der Waals surface area contributed by atoms with Gasteiger partial charge in [0.05, 0.1) is 6.10 Å². The third kappa shape index (κ3) is 4.29. The van der Waals surface area contributed by atoms with Crippen LogP contribution in [0.25, 0.3) is 0 Å². The molecule has 1 fully saturated rings. The van der Waals surface area contributed by atoms with Gasteiger partial charge in [-0.3, -0.25) is 0 Å². The van der Waals surface area contributed by atoms with E-state index in [4.69, 9.17) is 4.74 Å². The molecule has 4 rings (SSSR count). The van der Waals surface area contributed by atoms with Crippen molar-refractivity contribution < 1.29 is 30.3 Å². The van der Waals surface area contributed by atoms with E-state index in [-0.39, 0.29) is 19.3 Å². The van der Waals surface area contributed by atoms with E-state index in [0.717, 1.165) is 0 Å². The van der Waals surface area contributed by atoms with Gasteiger partial charge in [-0.2, -0.15) is 0 Å². The molecule has 6 heteroatoms. The lowest BCUT2D eigenvalue weighted by atomic mass is 9.59. The number of ether oxygens (including phenoxy) is 1. The minimum absolute atomic E-state index is 0.115. The van der Waals surface area contributed by atoms with Gasteiger partial charge in [0.2, 0.25) is 0 Å². The summed E-state index contributed by atoms with van der Waals surface area (Å²) < 4.78 is 5.70. The maximum atomic E-state index is 12.4. The molecule has 2 unspecified atom stereocenters. The molecule has 1 aliphatic rings. The van der Waals surface area contributed by atoms with Crippen LogP contribution in [-0.2, 0) is 24.0 Å². The predicted octanol–water partition coefficient (Wildman–Crippen LogP) is 2.01. The number of rotatable bonds is 7. The summed E-state index contributed by atoms with van der Waals surface area (Å²) in [5, 5.41) is 58.3. The minimum atomic E-state index is -2.30. The Morgan fingerprint density at radius 3 is 1.47 bits per heavy atom. The minimum Gasteiger partial charge on any atom is -0.391 e. The maximum absolute atomic E-state index is 12.4. The summed E-state index contributed by atoms with van der Waals surface area (Å²) in [6.45, 7) is 1.43. The second kappa shape index (κ2) is 9.58. The highest BCUT2D eigenvalue weighted by Crippen LogP contribution is 2.49. The van der Waals surface area contributed by atoms with Gasteiger partial charge >= 0.3 is 0 Å². The molecular formula is C28H32O6. The smallest absolute Gasteiger partial charge is 0.187 e. The van der Waals surface area contributed by atoms with Gasteiger partial charge in [-0.25, -0.2) is 0 Å². The van der Waals surface area contributed by atoms with Crippen molar-refractivity contribution in [1.29, 1.82) is 0 Å². The highest BCUT2D eigenvalue weighted by Gasteiger charge is 2.71. The zero-order chi connectivity index (χ0) is 24.4. The van der Waals surface area contributed by atoms with E-state index in [1.165, 1.54) is 6.92 Å². The monoisotopic (exact) mass is 464 g/mol. The largest absolute Gasteiger partial charge is 0.391 e. The maximum Gasteiger partial charge on any atom is 0.187 e. The van der Waals surface area contributed by atoms with Crippen LogP contribution in [0.1, 0.15) is 23.6 Å². The molecule has 0 radical (unpaired) electrons. The molecule has 0 amide bonds. The highest BCUT2D eigenvalue weighted by atomic mass is 16.6. The summed E-state index contributed by atoms with van der Waals surface area (Å²) >= 11 is 0. The zero-order valence-electron chi connectivity index (χ0n) is 19.2. The van der Waals surface area contributed by atoms with Crippen molar-refractivity contribution in [3.05, 3.63) is 108 Å². The second-order valence-corrected chi connectivity index (χ2v) is 9.35. The van der Waals surface area contributed by atoms with Crippen LogP contribution in [0.2, 0.25) is 0 Å². The quantitative estimate of drug-likeness (QED) is 0.366. The fourth-order valence-electron chi connectivity index (χ4n) is 5.18. The Morgan fingerprint density at radius 2 is 1.06 bits per heavy atom. The summed E-state index contributed by atoms with van der Waals surface area (Å²) in [5.41, 5.74) is -4.76. The summed E-state index contributed by atoms with van der Waals surface area (Å²) in [5.74, 6) is 0. The SMILES string of the molecule is CC(O)[C@H]1OC(O)[C@@](O)(Cc2ccccc2)[C@](O)(Cc2ccccc2)[C@@]1(O)Cc1ccccc1. The Bertz CT molecular complexity index is 1060. The predicted molar refractivity (Wildman–Crippen MR) is 128 cm³/mol. The lowest BCUT2D eigenvalue weighted by Gasteiger charge is -2.61. The first-order chi connectivity index (χ1) is 16.2. The first-order valence-corrected chi connectivity index (χ1v) is 11.5. The molecule has 0 aliphatic carbocycles. The number of hydrogen-bond donors (Lipinski definition) is 5. The third-order valence-corrected chi connectivity index (χ3v) is 6.96. The van der Waals surface area contributed by atoms with Crippen molar-refractivity contribution in [2.75, 3.05) is 0 Å². The molecule has 5 N–H and O–H groups in total. The standard InChI is InChI=1S/C28H32O6/c1-20(29)24-26(31,17-21-11-5-2-6-12-21)28(33,19-23-15-9-4-10-16-23)27(32,25(30)34-24)18-22-13-7-3-8-14-22/h2-16,20,24-25,29-33H,17-19H2,1H3/t20?,24-,25?,26-,27+,28+/m1/s1. The molecule has 3 aromatic carbocycles. The molecule has 0 aromatic heterocycles. The van der Waals surface area contributed by atoms with Gasteiger partial charge in [0, 0.05) is 19.3 Å². The molecule has 1 saturated heterocycles. The molecule has 0 spiro atoms. The molecule has 180 valence electrons. The van der Waals surface area contributed by atoms with Crippen LogP contribution < -0.4 is 0 Å². The lowest BCUT2D eigenvalue weighted by molar-refractivity contribution is -0.400. The van der Waals surface area contributed by atoms with Gasteiger partial charge in [-0.15, -0.1) is 0 Å². The van der Waals surface area contributed by atoms with E-state index >= 15 is 0 Å². The van der Waals surface area contributed by atoms with Gasteiger partial charge in [0.1, 0.15) is 17.3 Å². The molecule has 6 atom stereocenters. The average molecular weight is 465 g/mol. The molecule has 3 aromatic rings. The van der Waals surface area contributed by atoms with Crippen molar-refractivity contribution in [2.24, 2.45) is 0 Å². The summed E-state index contributed by atoms with van der Waals surface area (Å²) in [7, 11) is 0. The number of aliphatic hydroxyl groups is 5. The fourth-order valence-corrected chi connectivity index (χ4v) is 5.18. The Labute approximate surface area is 199 Å². The molecule has 6 nitrogen and oxygen atoms in total. The lowest BCUT2D eigenvalue weighted by Crippen LogP contribution is -2.83. The van der Waals surface area contributed by atoms with Gasteiger partial charge < -0.3 is 30.3 Å². The van der Waals surface area contributed by atoms with E-state index in [1.54, 1.807) is 72.8 Å². The van der Waals surface area contributed by atoms with Gasteiger partial charge in [0.25, 0.3) is 0 Å². The Kier molecular flexibility index (Phi) is 6.92. The van der Waals surface area contributed by atoms with Crippen molar-refractivity contribution in [3.8, 4) is 0 Å². The number of benzene rings is 3. The Morgan fingerprint density at radius 1 is 0.676 bits per heavy atom. The van der Waals surface area contributed by atoms with Crippen molar-refractivity contribution in [1.82, 2.24) is 0 Å². The highest BCUT2D eigenvalue weighted by molar-refractivity contribution is 5.32. The van der Waals surface area contributed by atoms with E-state index < -0.39 is 35.3 Å². The van der Waals surface area contributed by atoms with E-state index in [0.29, 0.717) is 16.7 Å². The molecule has 0 saturated carbocycles. The van der Waals surface area contributed by atoms with E-state index in [1.807, 2.05) is 18.2 Å². The van der Waals surface area contributed by atoms with Crippen LogP contribution in [0.5, 0.6) is 0 Å². The van der Waals surface area contributed by atoms with E-state index in [2.05, 4.69) is 0 Å². The average Bonchev–Trinajstić information content (AvgIpc) is 2.83. The van der Waals surface area contributed by atoms with Crippen LogP contribution in [-0.4, -0.2) is 60.8 Å². The Hall–Kier alpha value is -2.58. The van der Waals surface area contributed by atoms with Crippen LogP contribution in [0.4, 0.5) is 0 Å². The van der Waals surface area contributed by atoms with E-state index in [9.17, 15) is 25.5 Å². The number of aliphatic hydroxyl groups excluding tert-OH is 2. The van der Waals surface area contributed by atoms with Crippen LogP contribution in [0.15, 0.2) is 91.0 Å². The molecule has 34 heavy (non-hydrogen) atoms. The van der Waals surface area contributed by atoms with Crippen LogP contribution in [0, 0.1) is 0 Å². The summed E-state index contributed by atoms with van der Waals surface area (Å²) in [6, 6.07) is 27.0. The molecule has 0 bridgehead atoms.